The molecule has 0 saturated carbocycles. The van der Waals surface area contributed by atoms with E-state index in [9.17, 15) is 0 Å². The van der Waals surface area contributed by atoms with Gasteiger partial charge in [-0.05, 0) is 0 Å². The molecule has 0 amide bonds. The zero-order valence-electron chi connectivity index (χ0n) is 2.88. The van der Waals surface area contributed by atoms with E-state index in [-0.39, 0.29) is 31.1 Å². The minimum Gasteiger partial charge on any atom is -0.546 e. The molecule has 0 unspecified atom stereocenters. The zero-order valence-corrected chi connectivity index (χ0v) is 3.70. The zero-order chi connectivity index (χ0) is 3.41. The standard InChI is InChI=1S/BHNOS.Li/c1-2-4-3;/h3H;/q-1;+1. The summed E-state index contributed by atoms with van der Waals surface area (Å²) in [5.41, 5.74) is 0. The number of rotatable bonds is 1. The van der Waals surface area contributed by atoms with Crippen LogP contribution in [0.5, 0.6) is 0 Å². The van der Waals surface area contributed by atoms with E-state index in [2.05, 4.69) is 11.9 Å². The van der Waals surface area contributed by atoms with Crippen LogP contribution < -0.4 is 18.9 Å². The maximum absolute atomic E-state index is 7.50. The SMILES string of the molecule is [B-]=NSO.[Li+]. The van der Waals surface area contributed by atoms with Crippen molar-refractivity contribution in [3.8, 4) is 0 Å². The largest absolute Gasteiger partial charge is 1.00 e. The predicted molar refractivity (Wildman–Crippen MR) is 18.4 cm³/mol. The molecule has 5 heavy (non-hydrogen) atoms. The van der Waals surface area contributed by atoms with E-state index in [1.807, 2.05) is 0 Å². The van der Waals surface area contributed by atoms with E-state index < -0.39 is 0 Å². The van der Waals surface area contributed by atoms with E-state index in [0.29, 0.717) is 0 Å². The molecule has 0 aromatic rings. The van der Waals surface area contributed by atoms with Gasteiger partial charge in [-0.3, -0.25) is 0 Å². The summed E-state index contributed by atoms with van der Waals surface area (Å²) in [4.78, 5) is 0. The number of hydrogen-bond donors (Lipinski definition) is 1. The van der Waals surface area contributed by atoms with E-state index in [1.54, 1.807) is 0 Å². The fourth-order valence-electron chi connectivity index (χ4n) is 0. The van der Waals surface area contributed by atoms with Gasteiger partial charge in [-0.25, -0.2) is 0 Å². The summed E-state index contributed by atoms with van der Waals surface area (Å²) in [6.07, 6.45) is 0. The van der Waals surface area contributed by atoms with Crippen LogP contribution in [0, 0.1) is 0 Å². The minimum absolute atomic E-state index is 0. The fraction of sp³-hybridized carbons (Fsp3) is 0. The molecule has 0 heterocycles. The Bertz CT molecular complexity index is 25.6. The molecular formula is HBLiNOS. The first-order valence-corrected chi connectivity index (χ1v) is 1.35. The molecular weight excluding hydrogens is 79.8 g/mol. The number of hydrogen-bond acceptors (Lipinski definition) is 3. The maximum Gasteiger partial charge on any atom is 1.00 e. The van der Waals surface area contributed by atoms with Crippen molar-refractivity contribution < 1.29 is 23.4 Å². The van der Waals surface area contributed by atoms with Gasteiger partial charge in [-0.15, -0.1) is 0 Å². The van der Waals surface area contributed by atoms with Crippen LogP contribution >= 0.6 is 12.2 Å². The van der Waals surface area contributed by atoms with Gasteiger partial charge < -0.3 is 16.5 Å². The van der Waals surface area contributed by atoms with Gasteiger partial charge in [0.2, 0.25) is 0 Å². The summed E-state index contributed by atoms with van der Waals surface area (Å²) >= 11 is 0.259. The summed E-state index contributed by atoms with van der Waals surface area (Å²) in [6, 6.07) is 0. The molecule has 0 bridgehead atoms. The Morgan fingerprint density at radius 1 is 1.80 bits per heavy atom. The smallest absolute Gasteiger partial charge is 0.546 e. The van der Waals surface area contributed by atoms with Gasteiger partial charge >= 0.3 is 18.9 Å². The summed E-state index contributed by atoms with van der Waals surface area (Å²) in [6.45, 7) is 0. The second-order valence-corrected chi connectivity index (χ2v) is 0.561. The fourth-order valence-corrected chi connectivity index (χ4v) is 0. The van der Waals surface area contributed by atoms with Crippen molar-refractivity contribution in [3.05, 3.63) is 0 Å². The summed E-state index contributed by atoms with van der Waals surface area (Å²) < 4.78 is 10.2. The molecule has 2 nitrogen and oxygen atoms in total. The van der Waals surface area contributed by atoms with E-state index in [4.69, 9.17) is 4.55 Å². The van der Waals surface area contributed by atoms with Crippen molar-refractivity contribution in [2.24, 2.45) is 4.30 Å². The van der Waals surface area contributed by atoms with Crippen LogP contribution in [-0.2, 0) is 0 Å². The summed E-state index contributed by atoms with van der Waals surface area (Å²) in [5, 5.41) is 0. The molecule has 0 aliphatic heterocycles. The topological polar surface area (TPSA) is 32.6 Å². The van der Waals surface area contributed by atoms with Crippen molar-refractivity contribution >= 4 is 19.9 Å². The molecule has 0 atom stereocenters. The molecule has 0 rings (SSSR count). The summed E-state index contributed by atoms with van der Waals surface area (Å²) in [7, 11) is 4.37. The van der Waals surface area contributed by atoms with Gasteiger partial charge in [-0.1, -0.05) is 0 Å². The molecule has 1 N–H and O–H groups in total. The van der Waals surface area contributed by atoms with Crippen molar-refractivity contribution in [1.82, 2.24) is 0 Å². The Labute approximate surface area is 48.0 Å². The van der Waals surface area contributed by atoms with E-state index >= 15 is 0 Å². The van der Waals surface area contributed by atoms with Crippen LogP contribution in [0.3, 0.4) is 0 Å². The Morgan fingerprint density at radius 3 is 2.00 bits per heavy atom. The molecule has 0 fully saturated rings. The Balaban J connectivity index is 0. The van der Waals surface area contributed by atoms with Gasteiger partial charge in [0.25, 0.3) is 0 Å². The van der Waals surface area contributed by atoms with Crippen LogP contribution in [0.2, 0.25) is 0 Å². The second kappa shape index (κ2) is 8.84. The van der Waals surface area contributed by atoms with Crippen LogP contribution in [0.4, 0.5) is 0 Å². The molecule has 0 aliphatic rings. The molecule has 0 aromatic carbocycles. The molecule has 5 heteroatoms. The number of nitrogens with zero attached hydrogens (tertiary/aromatic N) is 1. The third kappa shape index (κ3) is 11.7. The molecule has 2 radical (unpaired) electrons. The Morgan fingerprint density at radius 2 is 2.00 bits per heavy atom. The van der Waals surface area contributed by atoms with Gasteiger partial charge in [0.05, 0.1) is 12.2 Å². The Kier molecular flexibility index (Phi) is 16.3. The van der Waals surface area contributed by atoms with Crippen molar-refractivity contribution in [2.75, 3.05) is 0 Å². The first kappa shape index (κ1) is 9.24. The Hall–Kier alpha value is 0.772. The molecule has 0 saturated heterocycles. The van der Waals surface area contributed by atoms with Crippen LogP contribution in [0.1, 0.15) is 0 Å². The van der Waals surface area contributed by atoms with Crippen LogP contribution in [0.15, 0.2) is 4.30 Å². The van der Waals surface area contributed by atoms with Gasteiger partial charge in [0.15, 0.2) is 0 Å². The van der Waals surface area contributed by atoms with Crippen molar-refractivity contribution in [2.45, 2.75) is 0 Å². The molecule has 0 aromatic heterocycles. The minimum atomic E-state index is 0. The normalized spacial score (nSPS) is 5.00. The average Bonchev–Trinajstić information content (AvgIpc) is 1.37. The maximum atomic E-state index is 7.50. The molecule has 0 spiro atoms. The van der Waals surface area contributed by atoms with Crippen molar-refractivity contribution in [3.63, 3.8) is 0 Å². The van der Waals surface area contributed by atoms with Crippen LogP contribution in [0.25, 0.3) is 0 Å². The first-order chi connectivity index (χ1) is 1.91. The van der Waals surface area contributed by atoms with Gasteiger partial charge in [-0.2, -0.15) is 0 Å². The average molecular weight is 80.8 g/mol. The third-order valence-corrected chi connectivity index (χ3v) is 0.141. The van der Waals surface area contributed by atoms with E-state index in [1.165, 1.54) is 0 Å². The van der Waals surface area contributed by atoms with Crippen LogP contribution in [-0.4, -0.2) is 12.2 Å². The second-order valence-electron chi connectivity index (χ2n) is 0.187. The summed E-state index contributed by atoms with van der Waals surface area (Å²) in [5.74, 6) is 0. The van der Waals surface area contributed by atoms with E-state index in [0.717, 1.165) is 0 Å². The monoisotopic (exact) mass is 81.0 g/mol. The quantitative estimate of drug-likeness (QED) is 0.214. The third-order valence-electron chi connectivity index (χ3n) is 0.0471. The first-order valence-electron chi connectivity index (χ1n) is 0.623. The predicted octanol–water partition coefficient (Wildman–Crippen LogP) is -2.54. The van der Waals surface area contributed by atoms with Gasteiger partial charge in [0, 0.05) is 0 Å². The molecule has 22 valence electrons. The molecule has 0 aliphatic carbocycles. The van der Waals surface area contributed by atoms with Crippen molar-refractivity contribution in [1.29, 1.82) is 0 Å². The van der Waals surface area contributed by atoms with Gasteiger partial charge in [0.1, 0.15) is 0 Å².